The molecule has 0 atom stereocenters. The zero-order valence-corrected chi connectivity index (χ0v) is 18.9. The van der Waals surface area contributed by atoms with E-state index in [1.165, 1.54) is 7.11 Å². The Hall–Kier alpha value is -4.42. The van der Waals surface area contributed by atoms with Gasteiger partial charge >= 0.3 is 6.09 Å². The number of nitrogens with zero attached hydrogens (tertiary/aromatic N) is 5. The fourth-order valence-electron chi connectivity index (χ4n) is 3.38. The van der Waals surface area contributed by atoms with Crippen LogP contribution in [-0.2, 0) is 4.74 Å². The molecule has 0 bridgehead atoms. The van der Waals surface area contributed by atoms with Crippen LogP contribution in [0, 0.1) is 11.3 Å². The first kappa shape index (κ1) is 22.8. The Labute approximate surface area is 200 Å². The van der Waals surface area contributed by atoms with E-state index in [0.717, 1.165) is 11.3 Å². The predicted molar refractivity (Wildman–Crippen MR) is 128 cm³/mol. The number of fused-ring (bicyclic) bond motifs is 1. The molecule has 170 valence electrons. The Morgan fingerprint density at radius 1 is 1.12 bits per heavy atom. The average Bonchev–Trinajstić information content (AvgIpc) is 3.29. The van der Waals surface area contributed by atoms with Gasteiger partial charge in [-0.05, 0) is 48.5 Å². The smallest absolute Gasteiger partial charge is 0.412 e. The second-order valence-corrected chi connectivity index (χ2v) is 7.62. The highest BCUT2D eigenvalue weighted by atomic mass is 35.5. The van der Waals surface area contributed by atoms with E-state index in [1.54, 1.807) is 76.4 Å². The summed E-state index contributed by atoms with van der Waals surface area (Å²) >= 11 is 5.99. The molecule has 0 aliphatic heterocycles. The number of nitriles is 1. The Balaban J connectivity index is 1.67. The summed E-state index contributed by atoms with van der Waals surface area (Å²) in [5.41, 5.74) is 3.19. The lowest BCUT2D eigenvalue weighted by Crippen LogP contribution is -2.32. The number of methoxy groups -OCH3 is 1. The number of amides is 2. The summed E-state index contributed by atoms with van der Waals surface area (Å²) < 4.78 is 6.36. The number of anilines is 2. The lowest BCUT2D eigenvalue weighted by molar-refractivity contribution is 0.0987. The fraction of sp³-hybridized carbons (Fsp3) is 0.125. The minimum absolute atomic E-state index is 0.185. The van der Waals surface area contributed by atoms with Crippen LogP contribution in [0.25, 0.3) is 16.9 Å². The van der Waals surface area contributed by atoms with Gasteiger partial charge < -0.3 is 9.64 Å². The van der Waals surface area contributed by atoms with Crippen molar-refractivity contribution >= 4 is 40.8 Å². The number of pyridine rings is 2. The normalized spacial score (nSPS) is 10.5. The summed E-state index contributed by atoms with van der Waals surface area (Å²) in [6.45, 7) is 0.240. The predicted octanol–water partition coefficient (Wildman–Crippen LogP) is 4.79. The molecule has 0 saturated carbocycles. The number of ether oxygens (including phenoxy) is 1. The second-order valence-electron chi connectivity index (χ2n) is 7.18. The van der Waals surface area contributed by atoms with Gasteiger partial charge in [0.2, 0.25) is 0 Å². The molecule has 3 aromatic heterocycles. The van der Waals surface area contributed by atoms with Crippen molar-refractivity contribution in [2.45, 2.75) is 6.42 Å². The molecule has 0 radical (unpaired) electrons. The molecule has 1 aromatic carbocycles. The van der Waals surface area contributed by atoms with Crippen LogP contribution >= 0.6 is 11.6 Å². The molecule has 0 fully saturated rings. The van der Waals surface area contributed by atoms with Crippen molar-refractivity contribution in [3.8, 4) is 17.3 Å². The number of benzene rings is 1. The van der Waals surface area contributed by atoms with Crippen molar-refractivity contribution in [3.63, 3.8) is 0 Å². The van der Waals surface area contributed by atoms with E-state index in [0.29, 0.717) is 27.7 Å². The Morgan fingerprint density at radius 3 is 2.59 bits per heavy atom. The lowest BCUT2D eigenvalue weighted by Gasteiger charge is -2.22. The Bertz CT molecular complexity index is 1380. The molecule has 0 aliphatic carbocycles. The second kappa shape index (κ2) is 10.0. The summed E-state index contributed by atoms with van der Waals surface area (Å²) in [4.78, 5) is 35.0. The average molecular weight is 475 g/mol. The fourth-order valence-corrected chi connectivity index (χ4v) is 3.51. The number of halogens is 1. The number of hydrogen-bond acceptors (Lipinski definition) is 6. The van der Waals surface area contributed by atoms with Crippen molar-refractivity contribution in [2.24, 2.45) is 0 Å². The summed E-state index contributed by atoms with van der Waals surface area (Å²) in [5, 5.41) is 12.1. The summed E-state index contributed by atoms with van der Waals surface area (Å²) in [7, 11) is 1.27. The molecule has 10 heteroatoms. The third-order valence-corrected chi connectivity index (χ3v) is 5.31. The van der Waals surface area contributed by atoms with Crippen LogP contribution in [0.3, 0.4) is 0 Å². The number of imidazole rings is 1. The minimum Gasteiger partial charge on any atom is -0.453 e. The molecular weight excluding hydrogens is 456 g/mol. The first-order chi connectivity index (χ1) is 16.5. The maximum atomic E-state index is 13.4. The van der Waals surface area contributed by atoms with Gasteiger partial charge in [0.25, 0.3) is 5.91 Å². The van der Waals surface area contributed by atoms with E-state index in [1.807, 2.05) is 0 Å². The highest BCUT2D eigenvalue weighted by Gasteiger charge is 2.19. The maximum absolute atomic E-state index is 13.4. The minimum atomic E-state index is -0.611. The number of rotatable bonds is 6. The van der Waals surface area contributed by atoms with Crippen LogP contribution in [-0.4, -0.2) is 40.0 Å². The summed E-state index contributed by atoms with van der Waals surface area (Å²) in [5.74, 6) is 0.0891. The van der Waals surface area contributed by atoms with Gasteiger partial charge in [-0.2, -0.15) is 5.26 Å². The van der Waals surface area contributed by atoms with Gasteiger partial charge in [0, 0.05) is 35.2 Å². The number of hydrogen-bond donors (Lipinski definition) is 1. The molecule has 34 heavy (non-hydrogen) atoms. The third kappa shape index (κ3) is 4.82. The lowest BCUT2D eigenvalue weighted by atomic mass is 10.2. The van der Waals surface area contributed by atoms with Crippen molar-refractivity contribution < 1.29 is 14.3 Å². The van der Waals surface area contributed by atoms with Crippen molar-refractivity contribution in [1.82, 2.24) is 14.4 Å². The largest absolute Gasteiger partial charge is 0.453 e. The molecular formula is C24H19ClN6O3. The number of carbonyl (C=O) groups is 2. The van der Waals surface area contributed by atoms with Crippen LogP contribution in [0.5, 0.6) is 0 Å². The van der Waals surface area contributed by atoms with Crippen LogP contribution in [0.2, 0.25) is 5.02 Å². The van der Waals surface area contributed by atoms with Crippen LogP contribution in [0.1, 0.15) is 16.8 Å². The van der Waals surface area contributed by atoms with E-state index in [4.69, 9.17) is 16.9 Å². The molecule has 2 amide bonds. The highest BCUT2D eigenvalue weighted by Crippen LogP contribution is 2.24. The van der Waals surface area contributed by atoms with Crippen LogP contribution in [0.15, 0.2) is 67.1 Å². The topological polar surface area (TPSA) is 113 Å². The van der Waals surface area contributed by atoms with Crippen molar-refractivity contribution in [1.29, 1.82) is 5.26 Å². The van der Waals surface area contributed by atoms with Gasteiger partial charge in [-0.15, -0.1) is 0 Å². The molecule has 0 saturated heterocycles. The quantitative estimate of drug-likeness (QED) is 0.430. The third-order valence-electron chi connectivity index (χ3n) is 5.06. The first-order valence-corrected chi connectivity index (χ1v) is 10.6. The molecule has 0 aliphatic rings. The van der Waals surface area contributed by atoms with E-state index >= 15 is 0 Å². The van der Waals surface area contributed by atoms with Gasteiger partial charge in [-0.3, -0.25) is 14.5 Å². The van der Waals surface area contributed by atoms with Crippen molar-refractivity contribution in [3.05, 3.63) is 77.7 Å². The number of nitrogens with one attached hydrogen (secondary N) is 1. The SMILES string of the molecule is COC(=O)Nc1ccc(-c2cnc3ccc(C(=O)N(CCC#N)c4ccc(Cl)cc4)cn23)cn1. The Kier molecular flexibility index (Phi) is 6.71. The van der Waals surface area contributed by atoms with Crippen LogP contribution in [0.4, 0.5) is 16.3 Å². The zero-order valence-electron chi connectivity index (χ0n) is 18.1. The van der Waals surface area contributed by atoms with E-state index < -0.39 is 6.09 Å². The monoisotopic (exact) mass is 474 g/mol. The summed E-state index contributed by atoms with van der Waals surface area (Å²) in [6, 6.07) is 15.9. The summed E-state index contributed by atoms with van der Waals surface area (Å²) in [6.07, 6.45) is 4.55. The van der Waals surface area contributed by atoms with Gasteiger partial charge in [-0.1, -0.05) is 11.6 Å². The van der Waals surface area contributed by atoms with E-state index in [9.17, 15) is 9.59 Å². The van der Waals surface area contributed by atoms with Crippen molar-refractivity contribution in [2.75, 3.05) is 23.9 Å². The van der Waals surface area contributed by atoms with E-state index in [-0.39, 0.29) is 18.9 Å². The molecule has 0 spiro atoms. The molecule has 9 nitrogen and oxygen atoms in total. The molecule has 3 heterocycles. The van der Waals surface area contributed by atoms with E-state index in [2.05, 4.69) is 26.1 Å². The number of aromatic nitrogens is 3. The molecule has 1 N–H and O–H groups in total. The van der Waals surface area contributed by atoms with Gasteiger partial charge in [-0.25, -0.2) is 14.8 Å². The van der Waals surface area contributed by atoms with Gasteiger partial charge in [0.1, 0.15) is 11.5 Å². The standard InChI is InChI=1S/C24H19ClN6O3/c1-34-24(33)29-21-9-3-16(13-27-21)20-14-28-22-10-4-17(15-31(20)22)23(32)30(12-2-11-26)19-7-5-18(25)6-8-19/h3-10,13-15H,2,12H2,1H3,(H,27,29,33). The number of carbonyl (C=O) groups excluding carboxylic acids is 2. The maximum Gasteiger partial charge on any atom is 0.412 e. The molecule has 4 aromatic rings. The first-order valence-electron chi connectivity index (χ1n) is 10.2. The molecule has 0 unspecified atom stereocenters. The Morgan fingerprint density at radius 2 is 1.91 bits per heavy atom. The highest BCUT2D eigenvalue weighted by molar-refractivity contribution is 6.30. The van der Waals surface area contributed by atoms with Gasteiger partial charge in [0.05, 0.1) is 37.1 Å². The zero-order chi connectivity index (χ0) is 24.1. The van der Waals surface area contributed by atoms with Gasteiger partial charge in [0.15, 0.2) is 0 Å². The molecule has 4 rings (SSSR count). The van der Waals surface area contributed by atoms with Crippen LogP contribution < -0.4 is 10.2 Å².